The third kappa shape index (κ3) is 3.71. The fourth-order valence-electron chi connectivity index (χ4n) is 4.91. The third-order valence-corrected chi connectivity index (χ3v) is 6.54. The van der Waals surface area contributed by atoms with Gasteiger partial charge in [0, 0.05) is 38.3 Å². The minimum Gasteiger partial charge on any atom is -0.343 e. The predicted molar refractivity (Wildman–Crippen MR) is 112 cm³/mol. The number of hydrazone groups is 1. The molecule has 1 aromatic rings. The molecule has 0 saturated carbocycles. The van der Waals surface area contributed by atoms with Gasteiger partial charge in [0.15, 0.2) is 0 Å². The molecule has 1 amide bonds. The van der Waals surface area contributed by atoms with E-state index in [-0.39, 0.29) is 12.1 Å². The number of rotatable bonds is 4. The van der Waals surface area contributed by atoms with E-state index >= 15 is 0 Å². The van der Waals surface area contributed by atoms with Crippen LogP contribution in [-0.4, -0.2) is 51.8 Å². The predicted octanol–water partition coefficient (Wildman–Crippen LogP) is 2.52. The first-order valence-electron chi connectivity index (χ1n) is 11.0. The van der Waals surface area contributed by atoms with Crippen molar-refractivity contribution in [2.45, 2.75) is 63.2 Å². The third-order valence-electron chi connectivity index (χ3n) is 6.54. The molecular formula is C22H30N6O. The summed E-state index contributed by atoms with van der Waals surface area (Å²) < 4.78 is 0. The number of hydrogen-bond donors (Lipinski definition) is 2. The fourth-order valence-corrected chi connectivity index (χ4v) is 4.91. The van der Waals surface area contributed by atoms with Crippen molar-refractivity contribution in [1.29, 1.82) is 0 Å². The number of amides is 1. The van der Waals surface area contributed by atoms with Gasteiger partial charge in [0.2, 0.25) is 5.91 Å². The van der Waals surface area contributed by atoms with Gasteiger partial charge < -0.3 is 14.8 Å². The van der Waals surface area contributed by atoms with Crippen LogP contribution in [0.2, 0.25) is 0 Å². The number of amidine groups is 1. The summed E-state index contributed by atoms with van der Waals surface area (Å²) in [6.45, 7) is 1.83. The second-order valence-corrected chi connectivity index (χ2v) is 8.41. The van der Waals surface area contributed by atoms with Crippen molar-refractivity contribution in [3.05, 3.63) is 48.3 Å². The standard InChI is InChI=1S/C22H30N6O/c29-21(26-12-6-1-2-7-13-26)11-10-20-23-24-22-19-16-18(17-8-4-3-5-9-17)25-28(19)15-14-27(20)22/h3-5,8-9,14-15,18-19,22,24-25H,1-2,6-7,10-13,16H2. The SMILES string of the molecule is O=C(CCC1=NNC2C3CC(c4ccccc4)NN3C=CN12)N1CCCCCC1. The molecule has 29 heavy (non-hydrogen) atoms. The Hall–Kier alpha value is -2.54. The van der Waals surface area contributed by atoms with Crippen LogP contribution >= 0.6 is 0 Å². The van der Waals surface area contributed by atoms with Gasteiger partial charge in [-0.15, -0.1) is 0 Å². The molecule has 0 spiro atoms. The summed E-state index contributed by atoms with van der Waals surface area (Å²) in [6.07, 6.45) is 11.3. The van der Waals surface area contributed by atoms with E-state index in [1.165, 1.54) is 18.4 Å². The molecule has 2 N–H and O–H groups in total. The van der Waals surface area contributed by atoms with Crippen LogP contribution in [0.5, 0.6) is 0 Å². The monoisotopic (exact) mass is 394 g/mol. The van der Waals surface area contributed by atoms with E-state index in [1.807, 2.05) is 4.90 Å². The molecule has 2 fully saturated rings. The molecule has 1 aromatic carbocycles. The molecule has 154 valence electrons. The molecule has 5 rings (SSSR count). The summed E-state index contributed by atoms with van der Waals surface area (Å²) in [4.78, 5) is 16.9. The van der Waals surface area contributed by atoms with Gasteiger partial charge >= 0.3 is 0 Å². The van der Waals surface area contributed by atoms with Crippen molar-refractivity contribution in [1.82, 2.24) is 25.7 Å². The van der Waals surface area contributed by atoms with Crippen LogP contribution < -0.4 is 10.9 Å². The van der Waals surface area contributed by atoms with E-state index in [9.17, 15) is 4.79 Å². The van der Waals surface area contributed by atoms with Crippen molar-refractivity contribution in [2.24, 2.45) is 5.10 Å². The van der Waals surface area contributed by atoms with Crippen molar-refractivity contribution in [3.63, 3.8) is 0 Å². The van der Waals surface area contributed by atoms with Gasteiger partial charge in [-0.2, -0.15) is 5.10 Å². The van der Waals surface area contributed by atoms with Crippen molar-refractivity contribution < 1.29 is 4.79 Å². The summed E-state index contributed by atoms with van der Waals surface area (Å²) in [6, 6.07) is 11.2. The zero-order valence-corrected chi connectivity index (χ0v) is 16.8. The van der Waals surface area contributed by atoms with Gasteiger partial charge in [0.25, 0.3) is 0 Å². The Morgan fingerprint density at radius 2 is 1.86 bits per heavy atom. The van der Waals surface area contributed by atoms with Crippen molar-refractivity contribution in [2.75, 3.05) is 13.1 Å². The van der Waals surface area contributed by atoms with Crippen LogP contribution in [0.1, 0.15) is 56.6 Å². The first kappa shape index (κ1) is 18.5. The molecule has 2 saturated heterocycles. The van der Waals surface area contributed by atoms with Crippen LogP contribution in [0, 0.1) is 0 Å². The van der Waals surface area contributed by atoms with Crippen LogP contribution in [0.3, 0.4) is 0 Å². The van der Waals surface area contributed by atoms with E-state index < -0.39 is 0 Å². The summed E-state index contributed by atoms with van der Waals surface area (Å²) in [7, 11) is 0. The number of hydrogen-bond acceptors (Lipinski definition) is 6. The Labute approximate surface area is 172 Å². The maximum atomic E-state index is 12.6. The molecule has 7 nitrogen and oxygen atoms in total. The Morgan fingerprint density at radius 1 is 1.07 bits per heavy atom. The topological polar surface area (TPSA) is 63.2 Å². The number of benzene rings is 1. The lowest BCUT2D eigenvalue weighted by Crippen LogP contribution is -2.54. The normalized spacial score (nSPS) is 28.5. The highest BCUT2D eigenvalue weighted by Gasteiger charge is 2.44. The molecule has 0 aliphatic carbocycles. The van der Waals surface area contributed by atoms with Crippen LogP contribution in [0.4, 0.5) is 0 Å². The fraction of sp³-hybridized carbons (Fsp3) is 0.545. The average Bonchev–Trinajstić information content (AvgIpc) is 3.27. The summed E-state index contributed by atoms with van der Waals surface area (Å²) in [5.74, 6) is 1.24. The molecule has 4 aliphatic heterocycles. The van der Waals surface area contributed by atoms with E-state index in [2.05, 4.69) is 68.6 Å². The molecule has 0 bridgehead atoms. The highest BCUT2D eigenvalue weighted by atomic mass is 16.2. The Kier molecular flexibility index (Phi) is 5.14. The van der Waals surface area contributed by atoms with E-state index in [1.54, 1.807) is 0 Å². The van der Waals surface area contributed by atoms with Crippen LogP contribution in [-0.2, 0) is 4.79 Å². The minimum absolute atomic E-state index is 0.115. The first-order valence-corrected chi connectivity index (χ1v) is 11.0. The number of carbonyl (C=O) groups is 1. The Balaban J connectivity index is 1.19. The molecule has 0 aromatic heterocycles. The van der Waals surface area contributed by atoms with Gasteiger partial charge in [0.05, 0.1) is 12.1 Å². The summed E-state index contributed by atoms with van der Waals surface area (Å²) in [5, 5.41) is 6.79. The van der Waals surface area contributed by atoms with Crippen LogP contribution in [0.25, 0.3) is 0 Å². The second kappa shape index (κ2) is 8.06. The number of hydrazine groups is 1. The lowest BCUT2D eigenvalue weighted by Gasteiger charge is -2.37. The smallest absolute Gasteiger partial charge is 0.223 e. The highest BCUT2D eigenvalue weighted by Crippen LogP contribution is 2.34. The lowest BCUT2D eigenvalue weighted by molar-refractivity contribution is -0.131. The van der Waals surface area contributed by atoms with Gasteiger partial charge in [0.1, 0.15) is 12.0 Å². The second-order valence-electron chi connectivity index (χ2n) is 8.41. The zero-order valence-electron chi connectivity index (χ0n) is 16.8. The minimum atomic E-state index is 0.115. The number of nitrogens with zero attached hydrogens (tertiary/aromatic N) is 4. The largest absolute Gasteiger partial charge is 0.343 e. The van der Waals surface area contributed by atoms with Gasteiger partial charge in [-0.1, -0.05) is 43.2 Å². The average molecular weight is 395 g/mol. The summed E-state index contributed by atoms with van der Waals surface area (Å²) >= 11 is 0. The number of nitrogens with one attached hydrogen (secondary N) is 2. The quantitative estimate of drug-likeness (QED) is 0.822. The van der Waals surface area contributed by atoms with E-state index in [0.29, 0.717) is 24.9 Å². The molecule has 0 radical (unpaired) electrons. The molecule has 7 heteroatoms. The van der Waals surface area contributed by atoms with Gasteiger partial charge in [-0.05, 0) is 24.8 Å². The van der Waals surface area contributed by atoms with Crippen LogP contribution in [0.15, 0.2) is 47.8 Å². The van der Waals surface area contributed by atoms with Gasteiger partial charge in [-0.25, -0.2) is 5.43 Å². The lowest BCUT2D eigenvalue weighted by atomic mass is 10.00. The Bertz CT molecular complexity index is 786. The highest BCUT2D eigenvalue weighted by molar-refractivity contribution is 5.89. The molecular weight excluding hydrogens is 364 g/mol. The number of carbonyl (C=O) groups excluding carboxylic acids is 1. The van der Waals surface area contributed by atoms with Crippen molar-refractivity contribution >= 4 is 11.7 Å². The molecule has 4 heterocycles. The van der Waals surface area contributed by atoms with Crippen molar-refractivity contribution in [3.8, 4) is 0 Å². The maximum Gasteiger partial charge on any atom is 0.223 e. The van der Waals surface area contributed by atoms with E-state index in [0.717, 1.165) is 38.2 Å². The molecule has 3 unspecified atom stereocenters. The first-order chi connectivity index (χ1) is 14.3. The Morgan fingerprint density at radius 3 is 2.66 bits per heavy atom. The molecule has 3 atom stereocenters. The summed E-state index contributed by atoms with van der Waals surface area (Å²) in [5.41, 5.74) is 8.23. The van der Waals surface area contributed by atoms with E-state index in [4.69, 9.17) is 0 Å². The van der Waals surface area contributed by atoms with Gasteiger partial charge in [-0.3, -0.25) is 10.2 Å². The molecule has 4 aliphatic rings. The number of likely N-dealkylation sites (tertiary alicyclic amines) is 1. The zero-order chi connectivity index (χ0) is 19.6. The number of fused-ring (bicyclic) bond motifs is 3. The maximum absolute atomic E-state index is 12.6.